The number of carbonyl (C=O) groups is 1. The Hall–Kier alpha value is -1.58. The SMILES string of the molecule is C[C@]1(/[N+]([O-])=C/c2ccco2)CCCCC1=O. The maximum Gasteiger partial charge on any atom is 0.227 e. The molecule has 0 spiro atoms. The van der Waals surface area contributed by atoms with Crippen molar-refractivity contribution in [2.24, 2.45) is 0 Å². The second-order valence-electron chi connectivity index (χ2n) is 4.37. The van der Waals surface area contributed by atoms with Crippen LogP contribution in [0.3, 0.4) is 0 Å². The minimum absolute atomic E-state index is 0.0246. The quantitative estimate of drug-likeness (QED) is 0.332. The van der Waals surface area contributed by atoms with Gasteiger partial charge < -0.3 is 9.62 Å². The maximum absolute atomic E-state index is 12.0. The molecule has 0 aromatic carbocycles. The zero-order valence-electron chi connectivity index (χ0n) is 9.31. The van der Waals surface area contributed by atoms with Gasteiger partial charge in [-0.2, -0.15) is 4.74 Å². The van der Waals surface area contributed by atoms with Crippen molar-refractivity contribution in [3.05, 3.63) is 29.4 Å². The van der Waals surface area contributed by atoms with Gasteiger partial charge >= 0.3 is 0 Å². The molecule has 1 aromatic heterocycles. The lowest BCUT2D eigenvalue weighted by Crippen LogP contribution is -2.46. The van der Waals surface area contributed by atoms with Crippen molar-refractivity contribution in [3.8, 4) is 0 Å². The second-order valence-corrected chi connectivity index (χ2v) is 4.37. The molecule has 1 aliphatic carbocycles. The van der Waals surface area contributed by atoms with Crippen molar-refractivity contribution in [2.75, 3.05) is 0 Å². The topological polar surface area (TPSA) is 56.3 Å². The normalized spacial score (nSPS) is 27.1. The molecule has 0 bridgehead atoms. The third kappa shape index (κ3) is 1.87. The Bertz CT molecular complexity index is 408. The van der Waals surface area contributed by atoms with E-state index in [4.69, 9.17) is 4.42 Å². The van der Waals surface area contributed by atoms with Crippen molar-refractivity contribution < 1.29 is 14.0 Å². The minimum atomic E-state index is -0.912. The molecule has 1 saturated carbocycles. The summed E-state index contributed by atoms with van der Waals surface area (Å²) in [6, 6.07) is 3.41. The van der Waals surface area contributed by atoms with E-state index in [-0.39, 0.29) is 5.78 Å². The Morgan fingerprint density at radius 1 is 1.56 bits per heavy atom. The molecule has 0 saturated heterocycles. The van der Waals surface area contributed by atoms with Crippen LogP contribution in [0, 0.1) is 5.21 Å². The monoisotopic (exact) mass is 221 g/mol. The highest BCUT2D eigenvalue weighted by molar-refractivity contribution is 5.88. The predicted molar refractivity (Wildman–Crippen MR) is 59.4 cm³/mol. The van der Waals surface area contributed by atoms with Gasteiger partial charge in [-0.05, 0) is 25.0 Å². The van der Waals surface area contributed by atoms with Crippen LogP contribution in [0.15, 0.2) is 22.8 Å². The van der Waals surface area contributed by atoms with Crippen LogP contribution in [0.5, 0.6) is 0 Å². The molecule has 0 unspecified atom stereocenters. The number of hydrogen-bond acceptors (Lipinski definition) is 3. The largest absolute Gasteiger partial charge is 0.623 e. The molecule has 1 aliphatic rings. The zero-order valence-corrected chi connectivity index (χ0v) is 9.31. The third-order valence-electron chi connectivity index (χ3n) is 3.19. The van der Waals surface area contributed by atoms with E-state index in [0.29, 0.717) is 18.6 Å². The Morgan fingerprint density at radius 3 is 3.00 bits per heavy atom. The highest BCUT2D eigenvalue weighted by atomic mass is 16.5. The fraction of sp³-hybridized carbons (Fsp3) is 0.500. The van der Waals surface area contributed by atoms with Gasteiger partial charge in [0.1, 0.15) is 0 Å². The molecule has 1 atom stereocenters. The summed E-state index contributed by atoms with van der Waals surface area (Å²) < 4.78 is 5.81. The highest BCUT2D eigenvalue weighted by Crippen LogP contribution is 2.27. The molecular weight excluding hydrogens is 206 g/mol. The van der Waals surface area contributed by atoms with Gasteiger partial charge in [0, 0.05) is 19.8 Å². The first-order valence-electron chi connectivity index (χ1n) is 5.51. The van der Waals surface area contributed by atoms with Crippen molar-refractivity contribution >= 4 is 12.0 Å². The van der Waals surface area contributed by atoms with Crippen LogP contribution >= 0.6 is 0 Å². The van der Waals surface area contributed by atoms with Crippen LogP contribution in [0.25, 0.3) is 0 Å². The molecule has 4 heteroatoms. The van der Waals surface area contributed by atoms with Crippen molar-refractivity contribution in [1.82, 2.24) is 0 Å². The summed E-state index contributed by atoms with van der Waals surface area (Å²) in [5.74, 6) is 0.506. The van der Waals surface area contributed by atoms with E-state index in [2.05, 4.69) is 0 Å². The number of Topliss-reactive ketones (excluding diaryl/α,β-unsaturated/α-hetero) is 1. The first-order valence-corrected chi connectivity index (χ1v) is 5.51. The van der Waals surface area contributed by atoms with Gasteiger partial charge in [-0.3, -0.25) is 4.79 Å². The molecule has 4 nitrogen and oxygen atoms in total. The summed E-state index contributed by atoms with van der Waals surface area (Å²) >= 11 is 0. The van der Waals surface area contributed by atoms with E-state index in [0.717, 1.165) is 17.6 Å². The maximum atomic E-state index is 12.0. The Labute approximate surface area is 94.2 Å². The number of furan rings is 1. The third-order valence-corrected chi connectivity index (χ3v) is 3.19. The highest BCUT2D eigenvalue weighted by Gasteiger charge is 2.42. The van der Waals surface area contributed by atoms with Gasteiger partial charge in [0.05, 0.1) is 6.26 Å². The van der Waals surface area contributed by atoms with E-state index in [1.165, 1.54) is 12.5 Å². The molecule has 0 amide bonds. The number of nitrogens with zero attached hydrogens (tertiary/aromatic N) is 1. The smallest absolute Gasteiger partial charge is 0.227 e. The summed E-state index contributed by atoms with van der Waals surface area (Å²) in [5.41, 5.74) is -0.912. The summed E-state index contributed by atoms with van der Waals surface area (Å²) in [7, 11) is 0. The van der Waals surface area contributed by atoms with Gasteiger partial charge in [0.2, 0.25) is 17.5 Å². The van der Waals surface area contributed by atoms with Crippen LogP contribution < -0.4 is 0 Å². The Morgan fingerprint density at radius 2 is 2.38 bits per heavy atom. The molecule has 16 heavy (non-hydrogen) atoms. The van der Waals surface area contributed by atoms with Crippen LogP contribution in [0.4, 0.5) is 0 Å². The molecule has 0 N–H and O–H groups in total. The van der Waals surface area contributed by atoms with E-state index < -0.39 is 5.54 Å². The first-order chi connectivity index (χ1) is 7.63. The average molecular weight is 221 g/mol. The molecule has 0 aliphatic heterocycles. The van der Waals surface area contributed by atoms with Gasteiger partial charge in [-0.15, -0.1) is 0 Å². The minimum Gasteiger partial charge on any atom is -0.623 e. The zero-order chi connectivity index (χ0) is 11.6. The number of carbonyl (C=O) groups excluding carboxylic acids is 1. The van der Waals surface area contributed by atoms with Crippen molar-refractivity contribution in [2.45, 2.75) is 38.1 Å². The van der Waals surface area contributed by atoms with E-state index in [1.54, 1.807) is 19.1 Å². The molecule has 0 radical (unpaired) electrons. The lowest BCUT2D eigenvalue weighted by atomic mass is 9.82. The lowest BCUT2D eigenvalue weighted by molar-refractivity contribution is -0.525. The van der Waals surface area contributed by atoms with Gasteiger partial charge in [-0.1, -0.05) is 0 Å². The van der Waals surface area contributed by atoms with Gasteiger partial charge in [-0.25, -0.2) is 0 Å². The Kier molecular flexibility index (Phi) is 2.81. The van der Waals surface area contributed by atoms with E-state index >= 15 is 0 Å². The molecule has 1 heterocycles. The van der Waals surface area contributed by atoms with Crippen LogP contribution in [0.2, 0.25) is 0 Å². The first kappa shape index (κ1) is 10.9. The summed E-state index contributed by atoms with van der Waals surface area (Å²) in [5, 5.41) is 12.0. The van der Waals surface area contributed by atoms with Gasteiger partial charge in [0.15, 0.2) is 5.76 Å². The van der Waals surface area contributed by atoms with Crippen molar-refractivity contribution in [3.63, 3.8) is 0 Å². The van der Waals surface area contributed by atoms with Crippen LogP contribution in [-0.2, 0) is 4.79 Å². The molecule has 2 rings (SSSR count). The van der Waals surface area contributed by atoms with Crippen LogP contribution in [0.1, 0.15) is 38.4 Å². The molecule has 1 aromatic rings. The average Bonchev–Trinajstić information content (AvgIpc) is 2.75. The summed E-state index contributed by atoms with van der Waals surface area (Å²) in [6.07, 6.45) is 5.79. The Balaban J connectivity index is 2.25. The number of ketones is 1. The number of rotatable bonds is 2. The number of hydrogen-bond donors (Lipinski definition) is 0. The standard InChI is InChI=1S/C12H15NO3/c1-12(7-3-2-6-11(12)14)13(15)9-10-5-4-8-16-10/h4-5,8-9H,2-3,6-7H2,1H3/b13-9-/t12-/m0/s1. The van der Waals surface area contributed by atoms with Crippen LogP contribution in [-0.4, -0.2) is 22.3 Å². The fourth-order valence-electron chi connectivity index (χ4n) is 2.02. The second kappa shape index (κ2) is 4.12. The van der Waals surface area contributed by atoms with E-state index in [1.807, 2.05) is 0 Å². The number of hydroxylamine groups is 1. The lowest BCUT2D eigenvalue weighted by Gasteiger charge is -2.29. The van der Waals surface area contributed by atoms with Crippen molar-refractivity contribution in [1.29, 1.82) is 0 Å². The van der Waals surface area contributed by atoms with Gasteiger partial charge in [0.25, 0.3) is 0 Å². The summed E-state index contributed by atoms with van der Waals surface area (Å²) in [4.78, 5) is 11.8. The predicted octanol–water partition coefficient (Wildman–Crippen LogP) is 2.11. The molecule has 1 fully saturated rings. The summed E-state index contributed by atoms with van der Waals surface area (Å²) in [6.45, 7) is 1.71. The van der Waals surface area contributed by atoms with E-state index in [9.17, 15) is 10.0 Å². The molecular formula is C12H15NO3. The molecule has 86 valence electrons. The fourth-order valence-corrected chi connectivity index (χ4v) is 2.02.